The van der Waals surface area contributed by atoms with E-state index < -0.39 is 0 Å². The van der Waals surface area contributed by atoms with Crippen molar-refractivity contribution in [1.82, 2.24) is 15.1 Å². The van der Waals surface area contributed by atoms with E-state index in [1.54, 1.807) is 29.2 Å². The highest BCUT2D eigenvalue weighted by molar-refractivity contribution is 5.95. The second kappa shape index (κ2) is 8.05. The molecule has 29 heavy (non-hydrogen) atoms. The number of carbonyl (C=O) groups is 3. The van der Waals surface area contributed by atoms with Gasteiger partial charge in [0, 0.05) is 55.8 Å². The minimum atomic E-state index is -0.146. The van der Waals surface area contributed by atoms with Crippen LogP contribution < -0.4 is 10.6 Å². The molecule has 1 atom stereocenters. The molecule has 7 heteroatoms. The second-order valence-corrected chi connectivity index (χ2v) is 8.96. The SMILES string of the molecule is CC1CCN(C(=O)c2ccc(NC(=O)N3CCCC4(CNC(=O)C4)C3)cc2)CC1. The van der Waals surface area contributed by atoms with Crippen molar-refractivity contribution in [2.45, 2.75) is 39.0 Å². The van der Waals surface area contributed by atoms with Crippen molar-refractivity contribution in [3.63, 3.8) is 0 Å². The number of hydrogen-bond acceptors (Lipinski definition) is 3. The average Bonchev–Trinajstić information content (AvgIpc) is 3.08. The molecule has 4 amide bonds. The minimum Gasteiger partial charge on any atom is -0.355 e. The standard InChI is InChI=1S/C22H30N4O3/c1-16-7-11-25(12-8-16)20(28)17-3-5-18(6-4-17)24-21(29)26-10-2-9-22(15-26)13-19(27)23-14-22/h3-6,16H,2,7-15H2,1H3,(H,23,27)(H,24,29). The zero-order chi connectivity index (χ0) is 20.4. The summed E-state index contributed by atoms with van der Waals surface area (Å²) in [5.41, 5.74) is 1.22. The van der Waals surface area contributed by atoms with E-state index in [1.807, 2.05) is 4.90 Å². The number of hydrogen-bond donors (Lipinski definition) is 2. The highest BCUT2D eigenvalue weighted by Gasteiger charge is 2.42. The van der Waals surface area contributed by atoms with E-state index in [1.165, 1.54) is 0 Å². The van der Waals surface area contributed by atoms with Crippen LogP contribution in [0.15, 0.2) is 24.3 Å². The van der Waals surface area contributed by atoms with Crippen LogP contribution in [-0.2, 0) is 4.79 Å². The Kier molecular flexibility index (Phi) is 5.48. The lowest BCUT2D eigenvalue weighted by molar-refractivity contribution is -0.119. The molecule has 3 heterocycles. The molecule has 4 rings (SSSR count). The van der Waals surface area contributed by atoms with Crippen molar-refractivity contribution in [3.05, 3.63) is 29.8 Å². The van der Waals surface area contributed by atoms with Gasteiger partial charge >= 0.3 is 6.03 Å². The zero-order valence-corrected chi connectivity index (χ0v) is 17.1. The Labute approximate surface area is 171 Å². The molecule has 0 aromatic heterocycles. The fourth-order valence-electron chi connectivity index (χ4n) is 4.71. The maximum atomic E-state index is 12.7. The van der Waals surface area contributed by atoms with Crippen LogP contribution in [0, 0.1) is 11.3 Å². The Morgan fingerprint density at radius 3 is 2.48 bits per heavy atom. The number of likely N-dealkylation sites (tertiary alicyclic amines) is 2. The molecular weight excluding hydrogens is 368 g/mol. The van der Waals surface area contributed by atoms with Gasteiger partial charge in [-0.1, -0.05) is 6.92 Å². The van der Waals surface area contributed by atoms with Crippen LogP contribution >= 0.6 is 0 Å². The van der Waals surface area contributed by atoms with E-state index >= 15 is 0 Å². The number of urea groups is 1. The highest BCUT2D eigenvalue weighted by atomic mass is 16.2. The molecule has 1 spiro atoms. The van der Waals surface area contributed by atoms with Crippen molar-refractivity contribution >= 4 is 23.5 Å². The van der Waals surface area contributed by atoms with Gasteiger partial charge in [0.1, 0.15) is 0 Å². The zero-order valence-electron chi connectivity index (χ0n) is 17.1. The molecule has 7 nitrogen and oxygen atoms in total. The van der Waals surface area contributed by atoms with Crippen LogP contribution in [0.25, 0.3) is 0 Å². The van der Waals surface area contributed by atoms with Gasteiger partial charge in [-0.2, -0.15) is 0 Å². The quantitative estimate of drug-likeness (QED) is 0.804. The summed E-state index contributed by atoms with van der Waals surface area (Å²) >= 11 is 0. The van der Waals surface area contributed by atoms with Crippen LogP contribution in [0.1, 0.15) is 49.4 Å². The Hall–Kier alpha value is -2.57. The van der Waals surface area contributed by atoms with Crippen molar-refractivity contribution < 1.29 is 14.4 Å². The average molecular weight is 399 g/mol. The fourth-order valence-corrected chi connectivity index (χ4v) is 4.71. The van der Waals surface area contributed by atoms with Crippen molar-refractivity contribution in [1.29, 1.82) is 0 Å². The van der Waals surface area contributed by atoms with E-state index in [4.69, 9.17) is 0 Å². The molecule has 2 N–H and O–H groups in total. The summed E-state index contributed by atoms with van der Waals surface area (Å²) < 4.78 is 0. The van der Waals surface area contributed by atoms with Crippen molar-refractivity contribution in [2.24, 2.45) is 11.3 Å². The number of nitrogens with zero attached hydrogens (tertiary/aromatic N) is 2. The first-order chi connectivity index (χ1) is 13.9. The second-order valence-electron chi connectivity index (χ2n) is 8.96. The molecule has 3 saturated heterocycles. The van der Waals surface area contributed by atoms with Crippen LogP contribution in [0.5, 0.6) is 0 Å². The molecule has 0 saturated carbocycles. The Morgan fingerprint density at radius 2 is 1.83 bits per heavy atom. The molecule has 1 aromatic carbocycles. The monoisotopic (exact) mass is 398 g/mol. The van der Waals surface area contributed by atoms with Gasteiger partial charge in [-0.05, 0) is 55.9 Å². The largest absolute Gasteiger partial charge is 0.355 e. The molecule has 1 unspecified atom stereocenters. The Morgan fingerprint density at radius 1 is 1.10 bits per heavy atom. The molecule has 3 aliphatic rings. The van der Waals surface area contributed by atoms with Crippen LogP contribution in [0.2, 0.25) is 0 Å². The summed E-state index contributed by atoms with van der Waals surface area (Å²) in [7, 11) is 0. The summed E-state index contributed by atoms with van der Waals surface area (Å²) in [5.74, 6) is 0.825. The third-order valence-corrected chi connectivity index (χ3v) is 6.60. The molecule has 0 aliphatic carbocycles. The normalized spacial score (nSPS) is 25.2. The predicted octanol–water partition coefficient (Wildman–Crippen LogP) is 2.69. The molecule has 0 radical (unpaired) electrons. The molecule has 3 aliphatic heterocycles. The van der Waals surface area contributed by atoms with E-state index in [9.17, 15) is 14.4 Å². The topological polar surface area (TPSA) is 81.8 Å². The lowest BCUT2D eigenvalue weighted by Gasteiger charge is -2.39. The molecule has 3 fully saturated rings. The van der Waals surface area contributed by atoms with Crippen LogP contribution in [0.3, 0.4) is 0 Å². The third-order valence-electron chi connectivity index (χ3n) is 6.60. The van der Waals surface area contributed by atoms with Gasteiger partial charge < -0.3 is 20.4 Å². The minimum absolute atomic E-state index is 0.0612. The maximum Gasteiger partial charge on any atom is 0.321 e. The number of carbonyl (C=O) groups excluding carboxylic acids is 3. The smallest absolute Gasteiger partial charge is 0.321 e. The number of nitrogens with one attached hydrogen (secondary N) is 2. The highest BCUT2D eigenvalue weighted by Crippen LogP contribution is 2.36. The van der Waals surface area contributed by atoms with E-state index in [-0.39, 0.29) is 23.3 Å². The Balaban J connectivity index is 1.34. The summed E-state index contributed by atoms with van der Waals surface area (Å²) in [5, 5.41) is 5.84. The molecule has 0 bridgehead atoms. The number of benzene rings is 1. The van der Waals surface area contributed by atoms with E-state index in [0.29, 0.717) is 43.2 Å². The molecule has 156 valence electrons. The van der Waals surface area contributed by atoms with Gasteiger partial charge in [0.15, 0.2) is 0 Å². The van der Waals surface area contributed by atoms with E-state index in [2.05, 4.69) is 17.6 Å². The van der Waals surface area contributed by atoms with Crippen LogP contribution in [0.4, 0.5) is 10.5 Å². The first-order valence-corrected chi connectivity index (χ1v) is 10.7. The number of rotatable bonds is 2. The summed E-state index contributed by atoms with van der Waals surface area (Å²) in [6.07, 6.45) is 4.49. The van der Waals surface area contributed by atoms with Gasteiger partial charge in [-0.3, -0.25) is 9.59 Å². The lowest BCUT2D eigenvalue weighted by Crippen LogP contribution is -2.48. The predicted molar refractivity (Wildman–Crippen MR) is 111 cm³/mol. The number of anilines is 1. The van der Waals surface area contributed by atoms with E-state index in [0.717, 1.165) is 38.8 Å². The van der Waals surface area contributed by atoms with Crippen molar-refractivity contribution in [2.75, 3.05) is 38.0 Å². The summed E-state index contributed by atoms with van der Waals surface area (Å²) in [4.78, 5) is 40.7. The fraction of sp³-hybridized carbons (Fsp3) is 0.591. The van der Waals surface area contributed by atoms with Crippen LogP contribution in [-0.4, -0.2) is 60.4 Å². The molecule has 1 aromatic rings. The van der Waals surface area contributed by atoms with Gasteiger partial charge in [0.05, 0.1) is 0 Å². The first kappa shape index (κ1) is 19.7. The Bertz CT molecular complexity index is 786. The number of piperidine rings is 2. The number of amides is 4. The molecular formula is C22H30N4O3. The maximum absolute atomic E-state index is 12.7. The van der Waals surface area contributed by atoms with Gasteiger partial charge in [0.2, 0.25) is 5.91 Å². The van der Waals surface area contributed by atoms with Gasteiger partial charge in [0.25, 0.3) is 5.91 Å². The van der Waals surface area contributed by atoms with Gasteiger partial charge in [-0.25, -0.2) is 4.79 Å². The third kappa shape index (κ3) is 4.38. The van der Waals surface area contributed by atoms with Gasteiger partial charge in [-0.15, -0.1) is 0 Å². The first-order valence-electron chi connectivity index (χ1n) is 10.7. The summed E-state index contributed by atoms with van der Waals surface area (Å²) in [6, 6.07) is 7.00. The lowest BCUT2D eigenvalue weighted by atomic mass is 9.79. The van der Waals surface area contributed by atoms with Crippen molar-refractivity contribution in [3.8, 4) is 0 Å². The summed E-state index contributed by atoms with van der Waals surface area (Å²) in [6.45, 7) is 5.80.